The number of nitrogens with one attached hydrogen (secondary N) is 1. The van der Waals surface area contributed by atoms with Gasteiger partial charge in [0.2, 0.25) is 0 Å². The second-order valence-electron chi connectivity index (χ2n) is 5.23. The molecule has 1 aliphatic rings. The molecule has 3 rings (SSSR count). The maximum atomic E-state index is 9.55. The number of rotatable bonds is 3. The van der Waals surface area contributed by atoms with Crippen LogP contribution in [-0.2, 0) is 20.0 Å². The molecule has 0 fully saturated rings. The molecule has 0 amide bonds. The van der Waals surface area contributed by atoms with Gasteiger partial charge in [0, 0.05) is 31.4 Å². The first-order valence-corrected chi connectivity index (χ1v) is 6.75. The molecular formula is C15H19N3O. The third kappa shape index (κ3) is 2.63. The van der Waals surface area contributed by atoms with Crippen molar-refractivity contribution in [2.45, 2.75) is 31.8 Å². The normalized spacial score (nSPS) is 18.3. The number of aromatic hydroxyl groups is 1. The molecule has 1 aromatic carbocycles. The van der Waals surface area contributed by atoms with Crippen LogP contribution in [0.3, 0.4) is 0 Å². The van der Waals surface area contributed by atoms with E-state index in [1.165, 1.54) is 23.1 Å². The van der Waals surface area contributed by atoms with Crippen molar-refractivity contribution in [3.63, 3.8) is 0 Å². The minimum atomic E-state index is 0.367. The Hall–Kier alpha value is -1.81. The number of hydrogen-bond donors (Lipinski definition) is 2. The van der Waals surface area contributed by atoms with E-state index in [1.807, 2.05) is 36.3 Å². The maximum absolute atomic E-state index is 9.55. The summed E-state index contributed by atoms with van der Waals surface area (Å²) in [5, 5.41) is 17.3. The second-order valence-corrected chi connectivity index (χ2v) is 5.23. The molecule has 0 bridgehead atoms. The van der Waals surface area contributed by atoms with Gasteiger partial charge in [0.05, 0.1) is 6.20 Å². The quantitative estimate of drug-likeness (QED) is 0.887. The molecule has 1 aromatic heterocycles. The van der Waals surface area contributed by atoms with Crippen LogP contribution in [0.2, 0.25) is 0 Å². The number of phenols is 1. The van der Waals surface area contributed by atoms with Gasteiger partial charge in [-0.1, -0.05) is 6.07 Å². The van der Waals surface area contributed by atoms with Crippen molar-refractivity contribution < 1.29 is 5.11 Å². The zero-order valence-corrected chi connectivity index (χ0v) is 11.1. The maximum Gasteiger partial charge on any atom is 0.115 e. The minimum absolute atomic E-state index is 0.367. The van der Waals surface area contributed by atoms with Crippen molar-refractivity contribution in [3.05, 3.63) is 47.3 Å². The fraction of sp³-hybridized carbons (Fsp3) is 0.400. The highest BCUT2D eigenvalue weighted by Crippen LogP contribution is 2.31. The molecular weight excluding hydrogens is 238 g/mol. The molecule has 4 nitrogen and oxygen atoms in total. The Bertz CT molecular complexity index is 577. The molecule has 19 heavy (non-hydrogen) atoms. The van der Waals surface area contributed by atoms with Gasteiger partial charge >= 0.3 is 0 Å². The number of hydrogen-bond acceptors (Lipinski definition) is 3. The number of nitrogens with zero attached hydrogens (tertiary/aromatic N) is 2. The predicted molar refractivity (Wildman–Crippen MR) is 73.8 cm³/mol. The Morgan fingerprint density at radius 1 is 1.47 bits per heavy atom. The summed E-state index contributed by atoms with van der Waals surface area (Å²) in [6.45, 7) is 0.832. The van der Waals surface area contributed by atoms with Crippen molar-refractivity contribution in [1.82, 2.24) is 15.1 Å². The monoisotopic (exact) mass is 257 g/mol. The van der Waals surface area contributed by atoms with Gasteiger partial charge in [-0.15, -0.1) is 0 Å². The average molecular weight is 257 g/mol. The van der Waals surface area contributed by atoms with Gasteiger partial charge in [0.15, 0.2) is 0 Å². The van der Waals surface area contributed by atoms with E-state index in [2.05, 4.69) is 10.4 Å². The van der Waals surface area contributed by atoms with Crippen molar-refractivity contribution in [3.8, 4) is 5.75 Å². The molecule has 0 saturated heterocycles. The van der Waals surface area contributed by atoms with E-state index in [-0.39, 0.29) is 0 Å². The first kappa shape index (κ1) is 12.2. The van der Waals surface area contributed by atoms with Crippen LogP contribution in [0.15, 0.2) is 30.6 Å². The van der Waals surface area contributed by atoms with Crippen molar-refractivity contribution in [2.24, 2.45) is 7.05 Å². The standard InChI is InChI=1S/C15H19N3O/c1-18-10-11(9-17-18)8-16-15-4-2-3-12-7-13(19)5-6-14(12)15/h5-7,9-10,15-16,19H,2-4,8H2,1H3. The van der Waals surface area contributed by atoms with Gasteiger partial charge in [-0.3, -0.25) is 4.68 Å². The summed E-state index contributed by atoms with van der Waals surface area (Å²) in [6, 6.07) is 6.10. The summed E-state index contributed by atoms with van der Waals surface area (Å²) < 4.78 is 1.82. The number of fused-ring (bicyclic) bond motifs is 1. The van der Waals surface area contributed by atoms with Gasteiger partial charge in [-0.05, 0) is 42.5 Å². The summed E-state index contributed by atoms with van der Waals surface area (Å²) in [7, 11) is 1.93. The van der Waals surface area contributed by atoms with Crippen LogP contribution in [0.25, 0.3) is 0 Å². The molecule has 0 radical (unpaired) electrons. The van der Waals surface area contributed by atoms with Gasteiger partial charge in [-0.2, -0.15) is 5.10 Å². The van der Waals surface area contributed by atoms with Crippen LogP contribution in [0.1, 0.15) is 35.6 Å². The highest BCUT2D eigenvalue weighted by atomic mass is 16.3. The van der Waals surface area contributed by atoms with E-state index in [9.17, 15) is 5.11 Å². The number of aromatic nitrogens is 2. The molecule has 4 heteroatoms. The van der Waals surface area contributed by atoms with Crippen LogP contribution < -0.4 is 5.32 Å². The molecule has 0 saturated carbocycles. The average Bonchev–Trinajstić information content (AvgIpc) is 2.81. The van der Waals surface area contributed by atoms with E-state index in [0.717, 1.165) is 19.4 Å². The third-order valence-electron chi connectivity index (χ3n) is 3.75. The fourth-order valence-electron chi connectivity index (χ4n) is 2.82. The lowest BCUT2D eigenvalue weighted by atomic mass is 9.87. The fourth-order valence-corrected chi connectivity index (χ4v) is 2.82. The number of aryl methyl sites for hydroxylation is 2. The molecule has 2 aromatic rings. The van der Waals surface area contributed by atoms with Crippen LogP contribution >= 0.6 is 0 Å². The van der Waals surface area contributed by atoms with Gasteiger partial charge < -0.3 is 10.4 Å². The number of benzene rings is 1. The van der Waals surface area contributed by atoms with Crippen molar-refractivity contribution >= 4 is 0 Å². The van der Waals surface area contributed by atoms with E-state index in [4.69, 9.17) is 0 Å². The molecule has 0 aliphatic heterocycles. The minimum Gasteiger partial charge on any atom is -0.508 e. The smallest absolute Gasteiger partial charge is 0.115 e. The zero-order chi connectivity index (χ0) is 13.2. The highest BCUT2D eigenvalue weighted by molar-refractivity contribution is 5.38. The first-order chi connectivity index (χ1) is 9.22. The Balaban J connectivity index is 1.73. The highest BCUT2D eigenvalue weighted by Gasteiger charge is 2.19. The largest absolute Gasteiger partial charge is 0.508 e. The van der Waals surface area contributed by atoms with Crippen LogP contribution in [0.5, 0.6) is 5.75 Å². The van der Waals surface area contributed by atoms with E-state index in [0.29, 0.717) is 11.8 Å². The molecule has 1 atom stereocenters. The Morgan fingerprint density at radius 2 is 2.37 bits per heavy atom. The Kier molecular flexibility index (Phi) is 3.25. The predicted octanol–water partition coefficient (Wildman–Crippen LogP) is 2.29. The lowest BCUT2D eigenvalue weighted by Gasteiger charge is -2.26. The summed E-state index contributed by atoms with van der Waals surface area (Å²) >= 11 is 0. The summed E-state index contributed by atoms with van der Waals surface area (Å²) in [4.78, 5) is 0. The molecule has 1 unspecified atom stereocenters. The Morgan fingerprint density at radius 3 is 3.16 bits per heavy atom. The van der Waals surface area contributed by atoms with E-state index in [1.54, 1.807) is 6.07 Å². The van der Waals surface area contributed by atoms with E-state index < -0.39 is 0 Å². The molecule has 1 heterocycles. The van der Waals surface area contributed by atoms with Crippen LogP contribution in [0.4, 0.5) is 0 Å². The van der Waals surface area contributed by atoms with Gasteiger partial charge in [0.1, 0.15) is 5.75 Å². The first-order valence-electron chi connectivity index (χ1n) is 6.75. The van der Waals surface area contributed by atoms with Gasteiger partial charge in [-0.25, -0.2) is 0 Å². The van der Waals surface area contributed by atoms with Crippen molar-refractivity contribution in [1.29, 1.82) is 0 Å². The lowest BCUT2D eigenvalue weighted by molar-refractivity contribution is 0.449. The van der Waals surface area contributed by atoms with Crippen LogP contribution in [0, 0.1) is 0 Å². The SMILES string of the molecule is Cn1cc(CNC2CCCc3cc(O)ccc32)cn1. The molecule has 2 N–H and O–H groups in total. The molecule has 100 valence electrons. The van der Waals surface area contributed by atoms with Crippen molar-refractivity contribution in [2.75, 3.05) is 0 Å². The number of phenolic OH excluding ortho intramolecular Hbond substituents is 1. The molecule has 1 aliphatic carbocycles. The molecule has 0 spiro atoms. The third-order valence-corrected chi connectivity index (χ3v) is 3.75. The summed E-state index contributed by atoms with van der Waals surface area (Å²) in [5.74, 6) is 0.367. The zero-order valence-electron chi connectivity index (χ0n) is 11.1. The van der Waals surface area contributed by atoms with Crippen LogP contribution in [-0.4, -0.2) is 14.9 Å². The Labute approximate surface area is 113 Å². The summed E-state index contributed by atoms with van der Waals surface area (Å²) in [6.07, 6.45) is 7.31. The summed E-state index contributed by atoms with van der Waals surface area (Å²) in [5.41, 5.74) is 3.80. The van der Waals surface area contributed by atoms with E-state index >= 15 is 0 Å². The topological polar surface area (TPSA) is 50.1 Å². The van der Waals surface area contributed by atoms with Gasteiger partial charge in [0.25, 0.3) is 0 Å². The second kappa shape index (κ2) is 5.05. The lowest BCUT2D eigenvalue weighted by Crippen LogP contribution is -2.24.